The highest BCUT2D eigenvalue weighted by Gasteiger charge is 2.22. The molecule has 0 saturated carbocycles. The maximum atomic E-state index is 12.4. The van der Waals surface area contributed by atoms with E-state index in [1.54, 1.807) is 53.9 Å². The van der Waals surface area contributed by atoms with Crippen LogP contribution in [0.5, 0.6) is 0 Å². The molecule has 0 aliphatic carbocycles. The van der Waals surface area contributed by atoms with Crippen molar-refractivity contribution in [2.45, 2.75) is 20.0 Å². The highest BCUT2D eigenvalue weighted by Crippen LogP contribution is 2.25. The first-order valence-electron chi connectivity index (χ1n) is 8.68. The van der Waals surface area contributed by atoms with Crippen LogP contribution in [0, 0.1) is 0 Å². The third-order valence-electron chi connectivity index (χ3n) is 4.02. The second-order valence-electron chi connectivity index (χ2n) is 6.18. The topological polar surface area (TPSA) is 85.4 Å². The molecule has 3 aromatic rings. The lowest BCUT2D eigenvalue weighted by Gasteiger charge is -2.14. The molecule has 6 nitrogen and oxygen atoms in total. The number of para-hydroxylation sites is 1. The van der Waals surface area contributed by atoms with Gasteiger partial charge >= 0.3 is 5.97 Å². The number of nitrogens with one attached hydrogen (secondary N) is 1. The Morgan fingerprint density at radius 3 is 2.48 bits per heavy atom. The Morgan fingerprint density at radius 2 is 1.79 bits per heavy atom. The number of carbonyl (C=O) groups is 3. The second kappa shape index (κ2) is 8.98. The van der Waals surface area contributed by atoms with Crippen LogP contribution in [0.1, 0.15) is 34.7 Å². The van der Waals surface area contributed by atoms with Crippen LogP contribution in [0.15, 0.2) is 53.9 Å². The average molecular weight is 429 g/mol. The summed E-state index contributed by atoms with van der Waals surface area (Å²) in [6.07, 6.45) is -1.07. The maximum Gasteiger partial charge on any atom is 0.358 e. The average Bonchev–Trinajstić information content (AvgIpc) is 3.19. The maximum absolute atomic E-state index is 12.4. The summed E-state index contributed by atoms with van der Waals surface area (Å²) in [6.45, 7) is 2.87. The molecule has 3 rings (SSSR count). The Bertz CT molecular complexity index is 1060. The molecule has 29 heavy (non-hydrogen) atoms. The Hall–Kier alpha value is -3.03. The molecule has 148 valence electrons. The van der Waals surface area contributed by atoms with Crippen molar-refractivity contribution in [1.82, 2.24) is 4.98 Å². The van der Waals surface area contributed by atoms with Gasteiger partial charge in [-0.15, -0.1) is 11.3 Å². The predicted molar refractivity (Wildman–Crippen MR) is 113 cm³/mol. The smallest absolute Gasteiger partial charge is 0.358 e. The standard InChI is InChI=1S/C21H17ClN2O4S/c1-12(25)16-5-3-4-6-17(16)23-19(26)13(2)28-21(27)18-11-29-20(24-18)14-7-9-15(22)10-8-14/h3-11,13H,1-2H3,(H,23,26). The number of esters is 1. The van der Waals surface area contributed by atoms with Gasteiger partial charge in [-0.25, -0.2) is 9.78 Å². The largest absolute Gasteiger partial charge is 0.448 e. The lowest BCUT2D eigenvalue weighted by molar-refractivity contribution is -0.123. The van der Waals surface area contributed by atoms with E-state index in [-0.39, 0.29) is 11.5 Å². The number of ether oxygens (including phenoxy) is 1. The molecule has 0 spiro atoms. The number of thiazole rings is 1. The number of carbonyl (C=O) groups excluding carboxylic acids is 3. The van der Waals surface area contributed by atoms with Crippen molar-refractivity contribution in [3.05, 3.63) is 70.2 Å². The molecule has 1 aromatic heterocycles. The van der Waals surface area contributed by atoms with Crippen molar-refractivity contribution >= 4 is 46.3 Å². The lowest BCUT2D eigenvalue weighted by atomic mass is 10.1. The SMILES string of the molecule is CC(=O)c1ccccc1NC(=O)C(C)OC(=O)c1csc(-c2ccc(Cl)cc2)n1. The van der Waals surface area contributed by atoms with E-state index in [0.29, 0.717) is 21.3 Å². The summed E-state index contributed by atoms with van der Waals surface area (Å²) in [7, 11) is 0. The number of ketones is 1. The van der Waals surface area contributed by atoms with Crippen molar-refractivity contribution in [2.75, 3.05) is 5.32 Å². The van der Waals surface area contributed by atoms with Crippen LogP contribution < -0.4 is 5.32 Å². The zero-order valence-electron chi connectivity index (χ0n) is 15.6. The van der Waals surface area contributed by atoms with E-state index in [1.165, 1.54) is 25.2 Å². The highest BCUT2D eigenvalue weighted by atomic mass is 35.5. The monoisotopic (exact) mass is 428 g/mol. The Kier molecular flexibility index (Phi) is 6.41. The number of Topliss-reactive ketones (excluding diaryl/α,β-unsaturated/α-hetero) is 1. The van der Waals surface area contributed by atoms with Gasteiger partial charge in [0.2, 0.25) is 0 Å². The molecule has 0 bridgehead atoms. The Balaban J connectivity index is 1.65. The van der Waals surface area contributed by atoms with Crippen LogP contribution in [0.3, 0.4) is 0 Å². The van der Waals surface area contributed by atoms with Gasteiger partial charge in [0.25, 0.3) is 5.91 Å². The Labute approximate surface area is 176 Å². The van der Waals surface area contributed by atoms with E-state index in [1.807, 2.05) is 0 Å². The molecule has 0 saturated heterocycles. The molecule has 1 unspecified atom stereocenters. The van der Waals surface area contributed by atoms with Crippen molar-refractivity contribution in [1.29, 1.82) is 0 Å². The number of benzene rings is 2. The highest BCUT2D eigenvalue weighted by molar-refractivity contribution is 7.13. The third-order valence-corrected chi connectivity index (χ3v) is 5.17. The van der Waals surface area contributed by atoms with Crippen LogP contribution in [-0.4, -0.2) is 28.7 Å². The second-order valence-corrected chi connectivity index (χ2v) is 7.48. The number of anilines is 1. The summed E-state index contributed by atoms with van der Waals surface area (Å²) >= 11 is 7.17. The van der Waals surface area contributed by atoms with E-state index < -0.39 is 18.0 Å². The fraction of sp³-hybridized carbons (Fsp3) is 0.143. The van der Waals surface area contributed by atoms with Gasteiger partial charge in [0.05, 0.1) is 5.69 Å². The molecule has 1 amide bonds. The fourth-order valence-electron chi connectivity index (χ4n) is 2.50. The van der Waals surface area contributed by atoms with Crippen LogP contribution >= 0.6 is 22.9 Å². The van der Waals surface area contributed by atoms with Crippen LogP contribution in [-0.2, 0) is 9.53 Å². The number of hydrogen-bond donors (Lipinski definition) is 1. The minimum atomic E-state index is -1.07. The predicted octanol–water partition coefficient (Wildman–Crippen LogP) is 4.85. The number of halogens is 1. The molecular weight excluding hydrogens is 412 g/mol. The molecule has 0 fully saturated rings. The normalized spacial score (nSPS) is 11.6. The number of aromatic nitrogens is 1. The van der Waals surface area contributed by atoms with Crippen LogP contribution in [0.25, 0.3) is 10.6 Å². The third kappa shape index (κ3) is 5.07. The number of hydrogen-bond acceptors (Lipinski definition) is 6. The Morgan fingerprint density at radius 1 is 1.10 bits per heavy atom. The summed E-state index contributed by atoms with van der Waals surface area (Å²) in [4.78, 5) is 40.7. The summed E-state index contributed by atoms with van der Waals surface area (Å²) < 4.78 is 5.23. The minimum Gasteiger partial charge on any atom is -0.448 e. The molecule has 0 aliphatic rings. The number of nitrogens with zero attached hydrogens (tertiary/aromatic N) is 1. The van der Waals surface area contributed by atoms with Gasteiger partial charge in [0.1, 0.15) is 5.01 Å². The van der Waals surface area contributed by atoms with Gasteiger partial charge in [-0.1, -0.05) is 35.9 Å². The summed E-state index contributed by atoms with van der Waals surface area (Å²) in [5, 5.41) is 5.44. The van der Waals surface area contributed by atoms with Crippen molar-refractivity contribution in [2.24, 2.45) is 0 Å². The summed E-state index contributed by atoms with van der Waals surface area (Å²) in [6, 6.07) is 13.7. The molecule has 1 N–H and O–H groups in total. The van der Waals surface area contributed by atoms with E-state index in [4.69, 9.17) is 16.3 Å². The summed E-state index contributed by atoms with van der Waals surface area (Å²) in [5.41, 5.74) is 1.69. The first-order valence-corrected chi connectivity index (χ1v) is 9.94. The first-order chi connectivity index (χ1) is 13.8. The van der Waals surface area contributed by atoms with Gasteiger partial charge < -0.3 is 10.1 Å². The molecule has 0 radical (unpaired) electrons. The van der Waals surface area contributed by atoms with E-state index in [2.05, 4.69) is 10.3 Å². The zero-order chi connectivity index (χ0) is 21.0. The van der Waals surface area contributed by atoms with E-state index >= 15 is 0 Å². The fourth-order valence-corrected chi connectivity index (χ4v) is 3.42. The molecule has 1 atom stereocenters. The quantitative estimate of drug-likeness (QED) is 0.448. The van der Waals surface area contributed by atoms with Gasteiger partial charge in [0.15, 0.2) is 17.6 Å². The molecule has 8 heteroatoms. The minimum absolute atomic E-state index is 0.115. The van der Waals surface area contributed by atoms with E-state index in [0.717, 1.165) is 5.56 Å². The summed E-state index contributed by atoms with van der Waals surface area (Å²) in [5.74, 6) is -1.42. The van der Waals surface area contributed by atoms with Crippen molar-refractivity contribution < 1.29 is 19.1 Å². The molecule has 2 aromatic carbocycles. The first kappa shape index (κ1) is 20.7. The number of rotatable bonds is 6. The van der Waals surface area contributed by atoms with Gasteiger partial charge in [0, 0.05) is 21.5 Å². The van der Waals surface area contributed by atoms with Gasteiger partial charge in [-0.2, -0.15) is 0 Å². The molecular formula is C21H17ClN2O4S. The van der Waals surface area contributed by atoms with Crippen molar-refractivity contribution in [3.8, 4) is 10.6 Å². The van der Waals surface area contributed by atoms with E-state index in [9.17, 15) is 14.4 Å². The zero-order valence-corrected chi connectivity index (χ0v) is 17.2. The van der Waals surface area contributed by atoms with Gasteiger partial charge in [-0.3, -0.25) is 9.59 Å². The van der Waals surface area contributed by atoms with Crippen LogP contribution in [0.2, 0.25) is 5.02 Å². The number of amides is 1. The van der Waals surface area contributed by atoms with Crippen LogP contribution in [0.4, 0.5) is 5.69 Å². The van der Waals surface area contributed by atoms with Gasteiger partial charge in [-0.05, 0) is 38.1 Å². The lowest BCUT2D eigenvalue weighted by Crippen LogP contribution is -2.30. The van der Waals surface area contributed by atoms with Crippen molar-refractivity contribution in [3.63, 3.8) is 0 Å². The molecule has 1 heterocycles. The molecule has 0 aliphatic heterocycles.